The van der Waals surface area contributed by atoms with Gasteiger partial charge in [0.15, 0.2) is 0 Å². The molecule has 0 amide bonds. The van der Waals surface area contributed by atoms with Crippen molar-refractivity contribution in [2.45, 2.75) is 18.5 Å². The third-order valence-corrected chi connectivity index (χ3v) is 2.95. The van der Waals surface area contributed by atoms with E-state index in [4.69, 9.17) is 11.6 Å². The van der Waals surface area contributed by atoms with Crippen molar-refractivity contribution in [1.29, 1.82) is 0 Å². The van der Waals surface area contributed by atoms with E-state index in [9.17, 15) is 13.2 Å². The van der Waals surface area contributed by atoms with Crippen LogP contribution in [0, 0.1) is 0 Å². The first-order valence-electron chi connectivity index (χ1n) is 4.92. The van der Waals surface area contributed by atoms with Gasteiger partial charge in [-0.1, -0.05) is 11.6 Å². The topological polar surface area (TPSA) is 24.9 Å². The molecule has 0 spiro atoms. The molecule has 0 radical (unpaired) electrons. The standard InChI is InChI=1S/C10H10ClF3N2/c11-8-3-7(10(12,13)14)5-16-9(8)6-1-2-15-4-6/h3,5-6,15H,1-2,4H2. The lowest BCUT2D eigenvalue weighted by atomic mass is 10.0. The fourth-order valence-electron chi connectivity index (χ4n) is 1.79. The number of alkyl halides is 3. The molecule has 0 bridgehead atoms. The average molecular weight is 251 g/mol. The number of rotatable bonds is 1. The maximum atomic E-state index is 12.4. The zero-order chi connectivity index (χ0) is 11.8. The van der Waals surface area contributed by atoms with Gasteiger partial charge in [-0.2, -0.15) is 13.2 Å². The van der Waals surface area contributed by atoms with Gasteiger partial charge >= 0.3 is 6.18 Å². The van der Waals surface area contributed by atoms with Crippen LogP contribution < -0.4 is 5.32 Å². The lowest BCUT2D eigenvalue weighted by Gasteiger charge is -2.12. The molecule has 1 aromatic rings. The second-order valence-corrected chi connectivity index (χ2v) is 4.19. The molecule has 88 valence electrons. The van der Waals surface area contributed by atoms with Crippen molar-refractivity contribution in [3.8, 4) is 0 Å². The molecular weight excluding hydrogens is 241 g/mol. The van der Waals surface area contributed by atoms with Crippen LogP contribution in [0.5, 0.6) is 0 Å². The van der Waals surface area contributed by atoms with Crippen LogP contribution in [-0.4, -0.2) is 18.1 Å². The van der Waals surface area contributed by atoms with Gasteiger partial charge < -0.3 is 5.32 Å². The van der Waals surface area contributed by atoms with Crippen LogP contribution >= 0.6 is 11.6 Å². The monoisotopic (exact) mass is 250 g/mol. The maximum Gasteiger partial charge on any atom is 0.417 e. The summed E-state index contributed by atoms with van der Waals surface area (Å²) < 4.78 is 37.1. The Kier molecular flexibility index (Phi) is 3.08. The molecule has 2 rings (SSSR count). The normalized spacial score (nSPS) is 21.4. The van der Waals surface area contributed by atoms with Crippen molar-refractivity contribution in [3.05, 3.63) is 28.5 Å². The molecular formula is C10H10ClF3N2. The number of nitrogens with zero attached hydrogens (tertiary/aromatic N) is 1. The Morgan fingerprint density at radius 3 is 2.69 bits per heavy atom. The third kappa shape index (κ3) is 2.30. The van der Waals surface area contributed by atoms with Gasteiger partial charge in [0.1, 0.15) is 0 Å². The van der Waals surface area contributed by atoms with Gasteiger partial charge in [-0.05, 0) is 19.0 Å². The summed E-state index contributed by atoms with van der Waals surface area (Å²) in [6.07, 6.45) is -2.68. The van der Waals surface area contributed by atoms with Crippen LogP contribution in [0.15, 0.2) is 12.3 Å². The molecule has 1 unspecified atom stereocenters. The number of nitrogens with one attached hydrogen (secondary N) is 1. The second-order valence-electron chi connectivity index (χ2n) is 3.78. The van der Waals surface area contributed by atoms with Gasteiger partial charge in [-0.15, -0.1) is 0 Å². The predicted molar refractivity (Wildman–Crippen MR) is 54.5 cm³/mol. The molecule has 0 aromatic carbocycles. The Hall–Kier alpha value is -0.810. The van der Waals surface area contributed by atoms with Crippen molar-refractivity contribution < 1.29 is 13.2 Å². The van der Waals surface area contributed by atoms with E-state index in [2.05, 4.69) is 10.3 Å². The van der Waals surface area contributed by atoms with Crippen LogP contribution in [0.4, 0.5) is 13.2 Å². The summed E-state index contributed by atoms with van der Waals surface area (Å²) in [4.78, 5) is 3.83. The predicted octanol–water partition coefficient (Wildman–Crippen LogP) is 2.83. The van der Waals surface area contributed by atoms with Crippen LogP contribution in [0.3, 0.4) is 0 Å². The number of hydrogen-bond acceptors (Lipinski definition) is 2. The zero-order valence-corrected chi connectivity index (χ0v) is 9.07. The average Bonchev–Trinajstić information content (AvgIpc) is 2.69. The SMILES string of the molecule is FC(F)(F)c1cnc(C2CCNC2)c(Cl)c1. The molecule has 1 aromatic heterocycles. The molecule has 2 nitrogen and oxygen atoms in total. The minimum Gasteiger partial charge on any atom is -0.316 e. The van der Waals surface area contributed by atoms with Crippen LogP contribution in [0.1, 0.15) is 23.6 Å². The summed E-state index contributed by atoms with van der Waals surface area (Å²) in [6, 6.07) is 0.947. The smallest absolute Gasteiger partial charge is 0.316 e. The van der Waals surface area contributed by atoms with E-state index in [0.29, 0.717) is 5.69 Å². The summed E-state index contributed by atoms with van der Waals surface area (Å²) in [5.41, 5.74) is -0.244. The highest BCUT2D eigenvalue weighted by molar-refractivity contribution is 6.31. The quantitative estimate of drug-likeness (QED) is 0.829. The van der Waals surface area contributed by atoms with E-state index in [1.54, 1.807) is 0 Å². The van der Waals surface area contributed by atoms with Crippen molar-refractivity contribution in [1.82, 2.24) is 10.3 Å². The number of pyridine rings is 1. The Morgan fingerprint density at radius 2 is 2.19 bits per heavy atom. The van der Waals surface area contributed by atoms with Gasteiger partial charge in [-0.25, -0.2) is 0 Å². The Labute approximate surface area is 95.8 Å². The fraction of sp³-hybridized carbons (Fsp3) is 0.500. The minimum atomic E-state index is -4.39. The van der Waals surface area contributed by atoms with Crippen molar-refractivity contribution in [3.63, 3.8) is 0 Å². The lowest BCUT2D eigenvalue weighted by molar-refractivity contribution is -0.137. The van der Waals surface area contributed by atoms with Crippen LogP contribution in [-0.2, 0) is 6.18 Å². The zero-order valence-electron chi connectivity index (χ0n) is 8.31. The van der Waals surface area contributed by atoms with Gasteiger partial charge in [-0.3, -0.25) is 4.98 Å². The van der Waals surface area contributed by atoms with Crippen molar-refractivity contribution in [2.75, 3.05) is 13.1 Å². The van der Waals surface area contributed by atoms with Crippen LogP contribution in [0.2, 0.25) is 5.02 Å². The first-order chi connectivity index (χ1) is 7.48. The van der Waals surface area contributed by atoms with E-state index in [0.717, 1.165) is 31.8 Å². The summed E-state index contributed by atoms with van der Waals surface area (Å²) in [7, 11) is 0. The molecule has 1 aliphatic heterocycles. The first-order valence-corrected chi connectivity index (χ1v) is 5.29. The second kappa shape index (κ2) is 4.22. The molecule has 1 N–H and O–H groups in total. The molecule has 16 heavy (non-hydrogen) atoms. The van der Waals surface area contributed by atoms with Gasteiger partial charge in [0.05, 0.1) is 16.3 Å². The summed E-state index contributed by atoms with van der Waals surface area (Å²) >= 11 is 5.83. The Balaban J connectivity index is 2.29. The molecule has 0 saturated carbocycles. The Bertz CT molecular complexity index is 386. The first kappa shape index (κ1) is 11.7. The maximum absolute atomic E-state index is 12.4. The highest BCUT2D eigenvalue weighted by Gasteiger charge is 2.32. The Morgan fingerprint density at radius 1 is 1.44 bits per heavy atom. The molecule has 1 saturated heterocycles. The fourth-order valence-corrected chi connectivity index (χ4v) is 2.11. The van der Waals surface area contributed by atoms with Crippen molar-refractivity contribution in [2.24, 2.45) is 0 Å². The van der Waals surface area contributed by atoms with Gasteiger partial charge in [0, 0.05) is 18.7 Å². The molecule has 6 heteroatoms. The lowest BCUT2D eigenvalue weighted by Crippen LogP contribution is -2.11. The molecule has 0 aliphatic carbocycles. The highest BCUT2D eigenvalue weighted by atomic mass is 35.5. The molecule has 1 aliphatic rings. The van der Waals surface area contributed by atoms with Gasteiger partial charge in [0.2, 0.25) is 0 Å². The number of aromatic nitrogens is 1. The molecule has 2 heterocycles. The molecule has 1 atom stereocenters. The van der Waals surface area contributed by atoms with E-state index in [-0.39, 0.29) is 10.9 Å². The van der Waals surface area contributed by atoms with E-state index in [1.807, 2.05) is 0 Å². The minimum absolute atomic E-state index is 0.100. The van der Waals surface area contributed by atoms with E-state index < -0.39 is 11.7 Å². The number of halogens is 4. The highest BCUT2D eigenvalue weighted by Crippen LogP contribution is 2.33. The summed E-state index contributed by atoms with van der Waals surface area (Å²) in [5, 5.41) is 3.22. The largest absolute Gasteiger partial charge is 0.417 e. The summed E-state index contributed by atoms with van der Waals surface area (Å²) in [5.74, 6) is 0.120. The van der Waals surface area contributed by atoms with Gasteiger partial charge in [0.25, 0.3) is 0 Å². The summed E-state index contributed by atoms with van der Waals surface area (Å²) in [6.45, 7) is 1.57. The number of hydrogen-bond donors (Lipinski definition) is 1. The van der Waals surface area contributed by atoms with E-state index >= 15 is 0 Å². The molecule has 1 fully saturated rings. The van der Waals surface area contributed by atoms with Crippen LogP contribution in [0.25, 0.3) is 0 Å². The van der Waals surface area contributed by atoms with Crippen molar-refractivity contribution >= 4 is 11.6 Å². The third-order valence-electron chi connectivity index (χ3n) is 2.64. The van der Waals surface area contributed by atoms with E-state index in [1.165, 1.54) is 0 Å².